The summed E-state index contributed by atoms with van der Waals surface area (Å²) in [5, 5.41) is 0. The van der Waals surface area contributed by atoms with Crippen molar-refractivity contribution in [2.45, 2.75) is 57.6 Å². The first-order chi connectivity index (χ1) is 17.9. The van der Waals surface area contributed by atoms with E-state index in [1.54, 1.807) is 24.3 Å². The van der Waals surface area contributed by atoms with Gasteiger partial charge in [0.25, 0.3) is 0 Å². The van der Waals surface area contributed by atoms with Crippen LogP contribution in [0.3, 0.4) is 0 Å². The minimum atomic E-state index is -0.752. The Labute approximate surface area is 218 Å². The Kier molecular flexibility index (Phi) is 8.93. The smallest absolute Gasteiger partial charge is 0.406 e. The molecule has 4 rings (SSSR count). The maximum atomic E-state index is 13.6. The van der Waals surface area contributed by atoms with Gasteiger partial charge < -0.3 is 10.5 Å². The number of carbonyl (C=O) groups is 1. The van der Waals surface area contributed by atoms with E-state index in [1.165, 1.54) is 29.8 Å². The molecule has 2 N–H and O–H groups in total. The highest BCUT2D eigenvalue weighted by Crippen LogP contribution is 2.39. The van der Waals surface area contributed by atoms with Crippen molar-refractivity contribution in [3.05, 3.63) is 101 Å². The number of halogens is 2. The summed E-state index contributed by atoms with van der Waals surface area (Å²) in [6.45, 7) is 3.51. The number of allylic oxidation sites excluding steroid dienone is 4. The van der Waals surface area contributed by atoms with E-state index < -0.39 is 11.8 Å². The third kappa shape index (κ3) is 6.95. The van der Waals surface area contributed by atoms with Gasteiger partial charge in [0.2, 0.25) is 0 Å². The van der Waals surface area contributed by atoms with Crippen LogP contribution in [0.15, 0.2) is 78.4 Å². The molecule has 1 saturated heterocycles. The van der Waals surface area contributed by atoms with Crippen molar-refractivity contribution in [2.24, 2.45) is 11.7 Å². The summed E-state index contributed by atoms with van der Waals surface area (Å²) in [5.41, 5.74) is 8.78. The zero-order valence-corrected chi connectivity index (χ0v) is 21.5. The van der Waals surface area contributed by atoms with E-state index in [4.69, 9.17) is 10.5 Å². The zero-order chi connectivity index (χ0) is 26.3. The number of nitrogens with zero attached hydrogens (tertiary/aromatic N) is 1. The third-order valence-electron chi connectivity index (χ3n) is 7.49. The molecule has 1 amide bonds. The van der Waals surface area contributed by atoms with Crippen molar-refractivity contribution in [3.63, 3.8) is 0 Å². The van der Waals surface area contributed by atoms with E-state index >= 15 is 0 Å². The number of hydrogen-bond acceptors (Lipinski definition) is 3. The number of benzene rings is 2. The summed E-state index contributed by atoms with van der Waals surface area (Å²) in [4.78, 5) is 14.2. The molecule has 1 aliphatic heterocycles. The van der Waals surface area contributed by atoms with Gasteiger partial charge >= 0.3 is 6.09 Å². The van der Waals surface area contributed by atoms with Gasteiger partial charge in [-0.3, -0.25) is 4.90 Å². The number of amides is 1. The van der Waals surface area contributed by atoms with Gasteiger partial charge in [0.1, 0.15) is 11.6 Å². The third-order valence-corrected chi connectivity index (χ3v) is 7.49. The van der Waals surface area contributed by atoms with Crippen LogP contribution in [0.2, 0.25) is 0 Å². The normalized spacial score (nSPS) is 21.8. The standard InChI is InChI=1S/C31H36F2N2O2/c1-2-31(37-30(34)36)22-24(21-23-7-4-3-5-8-23)18-20-35(31)19-6-9-29(25-10-14-27(32)15-11-25)26-12-16-28(33)17-13-26/h4,7-17,24H,2-3,5-6,18-22H2,1H3,(H2,34,36). The lowest BCUT2D eigenvalue weighted by Crippen LogP contribution is -2.57. The van der Waals surface area contributed by atoms with Crippen molar-refractivity contribution in [2.75, 3.05) is 13.1 Å². The predicted molar refractivity (Wildman–Crippen MR) is 144 cm³/mol. The van der Waals surface area contributed by atoms with E-state index in [1.807, 2.05) is 6.92 Å². The van der Waals surface area contributed by atoms with Crippen LogP contribution in [-0.2, 0) is 4.74 Å². The molecule has 2 unspecified atom stereocenters. The average Bonchev–Trinajstić information content (AvgIpc) is 2.89. The Balaban J connectivity index is 1.53. The van der Waals surface area contributed by atoms with Crippen molar-refractivity contribution >= 4 is 11.7 Å². The summed E-state index contributed by atoms with van der Waals surface area (Å²) in [6.07, 6.45) is 14.3. The van der Waals surface area contributed by atoms with Crippen LogP contribution in [0.5, 0.6) is 0 Å². The summed E-state index contributed by atoms with van der Waals surface area (Å²) in [6, 6.07) is 12.6. The van der Waals surface area contributed by atoms with Crippen molar-refractivity contribution in [3.8, 4) is 0 Å². The molecule has 4 nitrogen and oxygen atoms in total. The highest BCUT2D eigenvalue weighted by atomic mass is 19.1. The number of nitrogens with two attached hydrogens (primary N) is 1. The molecular formula is C31H36F2N2O2. The van der Waals surface area contributed by atoms with Gasteiger partial charge in [-0.05, 0) is 85.4 Å². The van der Waals surface area contributed by atoms with Crippen molar-refractivity contribution in [1.29, 1.82) is 0 Å². The van der Waals surface area contributed by atoms with Crippen LogP contribution in [0, 0.1) is 17.6 Å². The van der Waals surface area contributed by atoms with E-state index in [0.717, 1.165) is 55.3 Å². The van der Waals surface area contributed by atoms with Gasteiger partial charge in [0.05, 0.1) is 0 Å². The Bertz CT molecular complexity index is 1110. The number of carbonyl (C=O) groups excluding carboxylic acids is 1. The molecule has 1 heterocycles. The number of ether oxygens (including phenoxy) is 1. The predicted octanol–water partition coefficient (Wildman–Crippen LogP) is 7.37. The van der Waals surface area contributed by atoms with Crippen LogP contribution in [0.1, 0.15) is 63.0 Å². The number of primary amides is 1. The summed E-state index contributed by atoms with van der Waals surface area (Å²) >= 11 is 0. The first-order valence-corrected chi connectivity index (χ1v) is 13.2. The molecular weight excluding hydrogens is 470 g/mol. The Morgan fingerprint density at radius 3 is 2.27 bits per heavy atom. The summed E-state index contributed by atoms with van der Waals surface area (Å²) in [5.74, 6) is -0.198. The van der Waals surface area contributed by atoms with Crippen molar-refractivity contribution in [1.82, 2.24) is 4.90 Å². The molecule has 2 aromatic rings. The fourth-order valence-corrected chi connectivity index (χ4v) is 5.63. The lowest BCUT2D eigenvalue weighted by Gasteiger charge is -2.48. The fourth-order valence-electron chi connectivity index (χ4n) is 5.63. The van der Waals surface area contributed by atoms with Crippen LogP contribution in [0.25, 0.3) is 5.57 Å². The van der Waals surface area contributed by atoms with Gasteiger partial charge in [-0.25, -0.2) is 13.6 Å². The monoisotopic (exact) mass is 506 g/mol. The fraction of sp³-hybridized carbons (Fsp3) is 0.387. The zero-order valence-electron chi connectivity index (χ0n) is 21.5. The molecule has 0 radical (unpaired) electrons. The van der Waals surface area contributed by atoms with Crippen molar-refractivity contribution < 1.29 is 18.3 Å². The second kappa shape index (κ2) is 12.3. The molecule has 0 saturated carbocycles. The number of piperidine rings is 1. The molecule has 1 aliphatic carbocycles. The van der Waals surface area contributed by atoms with Crippen LogP contribution in [-0.4, -0.2) is 29.8 Å². The van der Waals surface area contributed by atoms with E-state index in [0.29, 0.717) is 25.3 Å². The minimum Gasteiger partial charge on any atom is -0.428 e. The highest BCUT2D eigenvalue weighted by molar-refractivity contribution is 5.79. The largest absolute Gasteiger partial charge is 0.428 e. The molecule has 196 valence electrons. The molecule has 6 heteroatoms. The van der Waals surface area contributed by atoms with Gasteiger partial charge in [0.15, 0.2) is 5.72 Å². The maximum absolute atomic E-state index is 13.6. The molecule has 0 spiro atoms. The molecule has 0 bridgehead atoms. The molecule has 2 aromatic carbocycles. The summed E-state index contributed by atoms with van der Waals surface area (Å²) in [7, 11) is 0. The lowest BCUT2D eigenvalue weighted by atomic mass is 9.81. The first kappa shape index (κ1) is 26.8. The quantitative estimate of drug-likeness (QED) is 0.386. The molecule has 2 atom stereocenters. The van der Waals surface area contributed by atoms with Gasteiger partial charge in [-0.1, -0.05) is 61.1 Å². The topological polar surface area (TPSA) is 55.6 Å². The van der Waals surface area contributed by atoms with E-state index in [-0.39, 0.29) is 11.6 Å². The molecule has 0 aromatic heterocycles. The first-order valence-electron chi connectivity index (χ1n) is 13.2. The lowest BCUT2D eigenvalue weighted by molar-refractivity contribution is -0.147. The van der Waals surface area contributed by atoms with Crippen LogP contribution < -0.4 is 5.73 Å². The highest BCUT2D eigenvalue weighted by Gasteiger charge is 2.43. The summed E-state index contributed by atoms with van der Waals surface area (Å²) < 4.78 is 33.0. The van der Waals surface area contributed by atoms with Crippen LogP contribution >= 0.6 is 0 Å². The molecule has 2 aliphatic rings. The van der Waals surface area contributed by atoms with Gasteiger partial charge in [-0.2, -0.15) is 0 Å². The number of rotatable bonds is 9. The second-order valence-corrected chi connectivity index (χ2v) is 9.95. The number of likely N-dealkylation sites (tertiary alicyclic amines) is 1. The Morgan fingerprint density at radius 2 is 1.73 bits per heavy atom. The Morgan fingerprint density at radius 1 is 1.08 bits per heavy atom. The minimum absolute atomic E-state index is 0.305. The van der Waals surface area contributed by atoms with E-state index in [2.05, 4.69) is 29.2 Å². The Hall–Kier alpha value is -3.25. The SMILES string of the molecule is CCC1(OC(N)=O)CC(CC2=CCCC=C2)CCN1CCC=C(c1ccc(F)cc1)c1ccc(F)cc1. The number of hydrogen-bond donors (Lipinski definition) is 1. The molecule has 1 fully saturated rings. The molecule has 37 heavy (non-hydrogen) atoms. The average molecular weight is 507 g/mol. The van der Waals surface area contributed by atoms with Crippen LogP contribution in [0.4, 0.5) is 13.6 Å². The van der Waals surface area contributed by atoms with Gasteiger partial charge in [0, 0.05) is 19.5 Å². The van der Waals surface area contributed by atoms with Gasteiger partial charge in [-0.15, -0.1) is 0 Å². The maximum Gasteiger partial charge on any atom is 0.406 e. The van der Waals surface area contributed by atoms with E-state index in [9.17, 15) is 13.6 Å². The second-order valence-electron chi connectivity index (χ2n) is 9.95.